The molecule has 1 aliphatic heterocycles. The number of aromatic nitrogens is 3. The van der Waals surface area contributed by atoms with Gasteiger partial charge >= 0.3 is 11.9 Å². The third kappa shape index (κ3) is 4.35. The molecule has 0 saturated heterocycles. The van der Waals surface area contributed by atoms with Crippen LogP contribution < -0.4 is 21.5 Å². The van der Waals surface area contributed by atoms with Crippen LogP contribution in [0.15, 0.2) is 53.3 Å². The summed E-state index contributed by atoms with van der Waals surface area (Å²) >= 11 is 0. The molecule has 2 aromatic carbocycles. The Morgan fingerprint density at radius 3 is 2.45 bits per heavy atom. The van der Waals surface area contributed by atoms with Gasteiger partial charge in [-0.05, 0) is 55.5 Å². The van der Waals surface area contributed by atoms with Gasteiger partial charge in [0, 0.05) is 16.7 Å². The number of alkyl halides is 3. The van der Waals surface area contributed by atoms with E-state index in [1.807, 2.05) is 0 Å². The largest absolute Gasteiger partial charge is 0.489 e. The number of rotatable bonds is 6. The summed E-state index contributed by atoms with van der Waals surface area (Å²) in [5, 5.41) is 13.1. The van der Waals surface area contributed by atoms with E-state index in [-0.39, 0.29) is 40.3 Å². The lowest BCUT2D eigenvalue weighted by Crippen LogP contribution is -2.51. The van der Waals surface area contributed by atoms with Gasteiger partial charge in [-0.3, -0.25) is 9.59 Å². The number of carbonyl (C=O) groups is 2. The van der Waals surface area contributed by atoms with Crippen molar-refractivity contribution < 1.29 is 37.0 Å². The SMILES string of the molecule is C[C@]1(C(N)=O)COc2c1cc(C(O)(CNC(=O)c1ccc3[nH]c(=O)[nH]c3c1)C(F)(F)F)nc2-c1ccc(F)cc1. The van der Waals surface area contributed by atoms with Gasteiger partial charge in [-0.1, -0.05) is 0 Å². The predicted octanol–water partition coefficient (Wildman–Crippen LogP) is 2.37. The lowest BCUT2D eigenvalue weighted by molar-refractivity contribution is -0.265. The molecule has 0 bridgehead atoms. The first kappa shape index (κ1) is 26.9. The van der Waals surface area contributed by atoms with Gasteiger partial charge in [-0.15, -0.1) is 0 Å². The van der Waals surface area contributed by atoms with Gasteiger partial charge in [0.25, 0.3) is 5.91 Å². The second-order valence-corrected chi connectivity index (χ2v) is 9.60. The summed E-state index contributed by atoms with van der Waals surface area (Å²) in [5.41, 5.74) is -0.788. The highest BCUT2D eigenvalue weighted by atomic mass is 19.4. The van der Waals surface area contributed by atoms with Gasteiger partial charge in [0.05, 0.1) is 23.3 Å². The molecule has 10 nitrogen and oxygen atoms in total. The molecule has 2 amide bonds. The lowest BCUT2D eigenvalue weighted by Gasteiger charge is -2.31. The summed E-state index contributed by atoms with van der Waals surface area (Å²) in [6.07, 6.45) is -5.36. The van der Waals surface area contributed by atoms with Crippen molar-refractivity contribution in [3.63, 3.8) is 0 Å². The number of imidazole rings is 1. The number of amides is 2. The maximum atomic E-state index is 14.5. The Labute approximate surface area is 222 Å². The van der Waals surface area contributed by atoms with E-state index < -0.39 is 52.8 Å². The summed E-state index contributed by atoms with van der Waals surface area (Å²) in [4.78, 5) is 45.5. The van der Waals surface area contributed by atoms with Crippen molar-refractivity contribution in [1.82, 2.24) is 20.3 Å². The van der Waals surface area contributed by atoms with Crippen molar-refractivity contribution >= 4 is 22.8 Å². The van der Waals surface area contributed by atoms with Gasteiger partial charge in [0.15, 0.2) is 0 Å². The Bertz CT molecular complexity index is 1720. The van der Waals surface area contributed by atoms with Crippen molar-refractivity contribution in [2.45, 2.75) is 24.1 Å². The number of fused-ring (bicyclic) bond motifs is 2. The molecule has 2 atom stereocenters. The average Bonchev–Trinajstić information content (AvgIpc) is 3.45. The number of ether oxygens (including phenoxy) is 1. The highest BCUT2D eigenvalue weighted by Crippen LogP contribution is 2.47. The molecule has 6 N–H and O–H groups in total. The minimum atomic E-state index is -5.36. The van der Waals surface area contributed by atoms with E-state index in [9.17, 15) is 37.1 Å². The first-order valence-corrected chi connectivity index (χ1v) is 11.8. The fourth-order valence-electron chi connectivity index (χ4n) is 4.42. The van der Waals surface area contributed by atoms with E-state index in [4.69, 9.17) is 10.5 Å². The number of hydrogen-bond acceptors (Lipinski definition) is 6. The molecular weight excluding hydrogens is 538 g/mol. The molecule has 0 spiro atoms. The highest BCUT2D eigenvalue weighted by molar-refractivity contribution is 5.97. The number of halogens is 4. The van der Waals surface area contributed by atoms with Crippen LogP contribution in [0.1, 0.15) is 28.5 Å². The third-order valence-corrected chi connectivity index (χ3v) is 6.91. The number of aromatic amines is 2. The van der Waals surface area contributed by atoms with E-state index in [0.29, 0.717) is 5.52 Å². The normalized spacial score (nSPS) is 18.1. The standard InChI is InChI=1S/C26H21F4N5O5/c1-24(22(31)37)11-40-20-15(24)9-18(35-19(20)12-2-5-14(27)6-3-12)25(39,26(28,29)30)10-32-21(36)13-4-7-16-17(8-13)34-23(38)33-16/h2-9,39H,10-11H2,1H3,(H2,31,37)(H,32,36)(H2,33,34,38)/t24-,25?/m0/s1. The average molecular weight is 559 g/mol. The summed E-state index contributed by atoms with van der Waals surface area (Å²) < 4.78 is 62.7. The number of primary amides is 1. The minimum Gasteiger partial charge on any atom is -0.489 e. The molecule has 1 unspecified atom stereocenters. The van der Waals surface area contributed by atoms with Crippen molar-refractivity contribution in [2.75, 3.05) is 13.2 Å². The number of benzene rings is 2. The van der Waals surface area contributed by atoms with Crippen LogP contribution >= 0.6 is 0 Å². The van der Waals surface area contributed by atoms with E-state index in [1.165, 1.54) is 37.3 Å². The topological polar surface area (TPSA) is 163 Å². The molecule has 40 heavy (non-hydrogen) atoms. The molecule has 0 radical (unpaired) electrons. The highest BCUT2D eigenvalue weighted by Gasteiger charge is 2.57. The van der Waals surface area contributed by atoms with Crippen molar-refractivity contribution in [2.24, 2.45) is 5.73 Å². The van der Waals surface area contributed by atoms with E-state index >= 15 is 0 Å². The second kappa shape index (κ2) is 9.19. The zero-order valence-corrected chi connectivity index (χ0v) is 20.6. The quantitative estimate of drug-likeness (QED) is 0.228. The first-order valence-electron chi connectivity index (χ1n) is 11.8. The van der Waals surface area contributed by atoms with Crippen LogP contribution in [-0.4, -0.2) is 51.2 Å². The van der Waals surface area contributed by atoms with Crippen LogP contribution in [0, 0.1) is 5.82 Å². The zero-order valence-electron chi connectivity index (χ0n) is 20.6. The zero-order chi connectivity index (χ0) is 29.0. The smallest absolute Gasteiger partial charge is 0.424 e. The number of H-pyrrole nitrogens is 2. The van der Waals surface area contributed by atoms with Gasteiger partial charge < -0.3 is 30.9 Å². The number of aliphatic hydroxyl groups is 1. The van der Waals surface area contributed by atoms with Crippen LogP contribution in [-0.2, 0) is 15.8 Å². The summed E-state index contributed by atoms with van der Waals surface area (Å²) in [5.74, 6) is -2.53. The number of hydrogen-bond donors (Lipinski definition) is 5. The number of nitrogens with zero attached hydrogens (tertiary/aromatic N) is 1. The molecule has 208 valence electrons. The molecular formula is C26H21F4N5O5. The molecule has 3 heterocycles. The molecule has 0 saturated carbocycles. The van der Waals surface area contributed by atoms with Gasteiger partial charge in [-0.25, -0.2) is 14.2 Å². The first-order chi connectivity index (χ1) is 18.7. The molecule has 14 heteroatoms. The Morgan fingerprint density at radius 2 is 1.80 bits per heavy atom. The molecule has 0 aliphatic carbocycles. The third-order valence-electron chi connectivity index (χ3n) is 6.91. The Kier molecular flexibility index (Phi) is 6.17. The fraction of sp³-hybridized carbons (Fsp3) is 0.231. The Hall–Kier alpha value is -4.72. The summed E-state index contributed by atoms with van der Waals surface area (Å²) in [6.45, 7) is -0.295. The van der Waals surface area contributed by atoms with Crippen LogP contribution in [0.4, 0.5) is 17.6 Å². The second-order valence-electron chi connectivity index (χ2n) is 9.60. The molecule has 4 aromatic rings. The Morgan fingerprint density at radius 1 is 1.12 bits per heavy atom. The van der Waals surface area contributed by atoms with Crippen LogP contribution in [0.25, 0.3) is 22.3 Å². The maximum Gasteiger partial charge on any atom is 0.424 e. The van der Waals surface area contributed by atoms with Crippen LogP contribution in [0.2, 0.25) is 0 Å². The van der Waals surface area contributed by atoms with Crippen LogP contribution in [0.3, 0.4) is 0 Å². The number of nitrogens with two attached hydrogens (primary N) is 1. The van der Waals surface area contributed by atoms with E-state index in [0.717, 1.165) is 18.2 Å². The lowest BCUT2D eigenvalue weighted by atomic mass is 9.81. The van der Waals surface area contributed by atoms with Crippen molar-refractivity contribution in [3.8, 4) is 17.0 Å². The van der Waals surface area contributed by atoms with Gasteiger partial charge in [0.1, 0.15) is 29.3 Å². The summed E-state index contributed by atoms with van der Waals surface area (Å²) in [7, 11) is 0. The van der Waals surface area contributed by atoms with Crippen LogP contribution in [0.5, 0.6) is 5.75 Å². The number of pyridine rings is 1. The predicted molar refractivity (Wildman–Crippen MR) is 133 cm³/mol. The monoisotopic (exact) mass is 559 g/mol. The van der Waals surface area contributed by atoms with E-state index in [2.05, 4.69) is 20.3 Å². The number of nitrogens with one attached hydrogen (secondary N) is 3. The number of carbonyl (C=O) groups excluding carboxylic acids is 2. The molecule has 0 fully saturated rings. The van der Waals surface area contributed by atoms with Gasteiger partial charge in [-0.2, -0.15) is 13.2 Å². The van der Waals surface area contributed by atoms with Gasteiger partial charge in [0.2, 0.25) is 11.5 Å². The van der Waals surface area contributed by atoms with Crippen molar-refractivity contribution in [1.29, 1.82) is 0 Å². The molecule has 5 rings (SSSR count). The van der Waals surface area contributed by atoms with Crippen molar-refractivity contribution in [3.05, 3.63) is 81.7 Å². The fourth-order valence-corrected chi connectivity index (χ4v) is 4.42. The minimum absolute atomic E-state index is 0.0426. The molecule has 2 aromatic heterocycles. The molecule has 1 aliphatic rings. The maximum absolute atomic E-state index is 14.5. The Balaban J connectivity index is 1.59. The summed E-state index contributed by atoms with van der Waals surface area (Å²) in [6, 6.07) is 9.42. The van der Waals surface area contributed by atoms with E-state index in [1.54, 1.807) is 0 Å².